The number of carbonyl (C=O) groups is 3. The molecule has 0 aliphatic heterocycles. The fraction of sp³-hybridized carbons (Fsp3) is 0.745. The molecule has 0 aliphatic rings. The molecule has 6 nitrogen and oxygen atoms in total. The van der Waals surface area contributed by atoms with E-state index in [9.17, 15) is 14.4 Å². The molecule has 0 aromatic heterocycles. The first-order valence-corrected chi connectivity index (χ1v) is 23.8. The van der Waals surface area contributed by atoms with E-state index in [1.165, 1.54) is 103 Å². The molecule has 57 heavy (non-hydrogen) atoms. The van der Waals surface area contributed by atoms with Crippen molar-refractivity contribution in [3.8, 4) is 0 Å². The van der Waals surface area contributed by atoms with Crippen molar-refractivity contribution in [2.75, 3.05) is 13.2 Å². The van der Waals surface area contributed by atoms with Gasteiger partial charge in [0.15, 0.2) is 6.10 Å². The van der Waals surface area contributed by atoms with E-state index in [0.29, 0.717) is 19.3 Å². The van der Waals surface area contributed by atoms with E-state index in [-0.39, 0.29) is 37.5 Å². The molecule has 0 heterocycles. The van der Waals surface area contributed by atoms with Crippen molar-refractivity contribution in [1.29, 1.82) is 0 Å². The van der Waals surface area contributed by atoms with E-state index in [1.54, 1.807) is 0 Å². The Morgan fingerprint density at radius 2 is 0.684 bits per heavy atom. The number of rotatable bonds is 42. The van der Waals surface area contributed by atoms with Gasteiger partial charge in [-0.3, -0.25) is 14.4 Å². The average Bonchev–Trinajstić information content (AvgIpc) is 3.21. The van der Waals surface area contributed by atoms with Gasteiger partial charge in [-0.05, 0) is 57.8 Å². The van der Waals surface area contributed by atoms with Crippen LogP contribution in [0, 0.1) is 0 Å². The summed E-state index contributed by atoms with van der Waals surface area (Å²) in [6, 6.07) is 0. The molecule has 0 aromatic carbocycles. The van der Waals surface area contributed by atoms with Crippen molar-refractivity contribution in [2.24, 2.45) is 0 Å². The summed E-state index contributed by atoms with van der Waals surface area (Å²) in [7, 11) is 0. The largest absolute Gasteiger partial charge is 0.462 e. The number of hydrogen-bond donors (Lipinski definition) is 0. The van der Waals surface area contributed by atoms with Gasteiger partial charge in [0, 0.05) is 19.3 Å². The molecule has 0 amide bonds. The summed E-state index contributed by atoms with van der Waals surface area (Å²) in [5.41, 5.74) is 0. The van der Waals surface area contributed by atoms with Crippen molar-refractivity contribution in [3.05, 3.63) is 60.8 Å². The van der Waals surface area contributed by atoms with Gasteiger partial charge in [-0.15, -0.1) is 0 Å². The summed E-state index contributed by atoms with van der Waals surface area (Å²) in [4.78, 5) is 37.7. The molecule has 328 valence electrons. The lowest BCUT2D eigenvalue weighted by molar-refractivity contribution is -0.167. The number of esters is 3. The van der Waals surface area contributed by atoms with Gasteiger partial charge in [-0.2, -0.15) is 0 Å². The van der Waals surface area contributed by atoms with Crippen molar-refractivity contribution < 1.29 is 28.6 Å². The molecule has 0 bridgehead atoms. The molecule has 0 radical (unpaired) electrons. The predicted molar refractivity (Wildman–Crippen MR) is 242 cm³/mol. The number of ether oxygens (including phenoxy) is 3. The van der Waals surface area contributed by atoms with Crippen LogP contribution in [0.3, 0.4) is 0 Å². The minimum absolute atomic E-state index is 0.0891. The van der Waals surface area contributed by atoms with E-state index >= 15 is 0 Å². The van der Waals surface area contributed by atoms with Crippen LogP contribution < -0.4 is 0 Å². The summed E-state index contributed by atoms with van der Waals surface area (Å²) >= 11 is 0. The Balaban J connectivity index is 4.44. The maximum absolute atomic E-state index is 12.7. The monoisotopic (exact) mass is 797 g/mol. The quantitative estimate of drug-likeness (QED) is 0.0265. The minimum Gasteiger partial charge on any atom is -0.462 e. The highest BCUT2D eigenvalue weighted by molar-refractivity contribution is 5.71. The van der Waals surface area contributed by atoms with E-state index in [2.05, 4.69) is 81.5 Å². The molecule has 0 spiro atoms. The Morgan fingerprint density at radius 1 is 0.368 bits per heavy atom. The van der Waals surface area contributed by atoms with E-state index < -0.39 is 6.10 Å². The van der Waals surface area contributed by atoms with Crippen molar-refractivity contribution in [2.45, 2.75) is 232 Å². The Hall–Kier alpha value is -2.89. The highest BCUT2D eigenvalue weighted by Crippen LogP contribution is 2.14. The van der Waals surface area contributed by atoms with Crippen LogP contribution in [0.5, 0.6) is 0 Å². The number of allylic oxidation sites excluding steroid dienone is 10. The zero-order chi connectivity index (χ0) is 41.5. The molecule has 6 heteroatoms. The molecule has 0 fully saturated rings. The molecule has 0 rings (SSSR count). The summed E-state index contributed by atoms with van der Waals surface area (Å²) in [5, 5.41) is 0. The zero-order valence-electron chi connectivity index (χ0n) is 37.3. The third-order valence-corrected chi connectivity index (χ3v) is 10.0. The summed E-state index contributed by atoms with van der Waals surface area (Å²) in [5.74, 6) is -0.950. The van der Waals surface area contributed by atoms with Crippen LogP contribution in [0.2, 0.25) is 0 Å². The molecule has 0 N–H and O–H groups in total. The molecule has 0 aromatic rings. The SMILES string of the molecule is CC/C=C\C/C=C\C/C=C\C/C=C\C/C=C\CCCC(=O)OC[C@H](COC(=O)CCCCCCCCCCCCC)OC(=O)CCCCCCCCCCCCC. The topological polar surface area (TPSA) is 78.9 Å². The lowest BCUT2D eigenvalue weighted by Crippen LogP contribution is -2.30. The van der Waals surface area contributed by atoms with Crippen LogP contribution in [0.25, 0.3) is 0 Å². The van der Waals surface area contributed by atoms with Gasteiger partial charge < -0.3 is 14.2 Å². The number of hydrogen-bond acceptors (Lipinski definition) is 6. The molecular formula is C51H88O6. The molecule has 0 aliphatic carbocycles. The Bertz CT molecular complexity index is 1050. The Morgan fingerprint density at radius 3 is 1.07 bits per heavy atom. The lowest BCUT2D eigenvalue weighted by Gasteiger charge is -2.18. The van der Waals surface area contributed by atoms with Gasteiger partial charge in [0.1, 0.15) is 13.2 Å². The van der Waals surface area contributed by atoms with E-state index in [0.717, 1.165) is 77.0 Å². The fourth-order valence-corrected chi connectivity index (χ4v) is 6.48. The average molecular weight is 797 g/mol. The van der Waals surface area contributed by atoms with Crippen LogP contribution in [-0.2, 0) is 28.6 Å². The molecule has 0 saturated heterocycles. The molecule has 0 unspecified atom stereocenters. The van der Waals surface area contributed by atoms with Gasteiger partial charge in [-0.1, -0.05) is 210 Å². The summed E-state index contributed by atoms with van der Waals surface area (Å²) in [6.45, 7) is 6.45. The van der Waals surface area contributed by atoms with Crippen LogP contribution >= 0.6 is 0 Å². The van der Waals surface area contributed by atoms with Crippen molar-refractivity contribution in [3.63, 3.8) is 0 Å². The fourth-order valence-electron chi connectivity index (χ4n) is 6.48. The molecule has 0 saturated carbocycles. The van der Waals surface area contributed by atoms with Crippen molar-refractivity contribution >= 4 is 17.9 Å². The zero-order valence-corrected chi connectivity index (χ0v) is 37.3. The Labute approximate surface area is 351 Å². The van der Waals surface area contributed by atoms with Crippen molar-refractivity contribution in [1.82, 2.24) is 0 Å². The standard InChI is InChI=1S/C51H88O6/c1-4-7-10-13-16-19-22-23-24-25-26-27-30-32-35-38-41-44-50(53)56-47-48(57-51(54)45-42-39-36-33-29-21-18-15-12-9-6-3)46-55-49(52)43-40-37-34-31-28-20-17-14-11-8-5-2/h7,10,16,19,23-24,26-27,32,35,48H,4-6,8-9,11-15,17-18,20-22,25,28-31,33-34,36-47H2,1-3H3/b10-7-,19-16-,24-23-,27-26-,35-32-/t48-/m0/s1. The van der Waals surface area contributed by atoms with Crippen LogP contribution in [-0.4, -0.2) is 37.2 Å². The van der Waals surface area contributed by atoms with Crippen LogP contribution in [0.4, 0.5) is 0 Å². The number of carbonyl (C=O) groups excluding carboxylic acids is 3. The van der Waals surface area contributed by atoms with Gasteiger partial charge in [-0.25, -0.2) is 0 Å². The highest BCUT2D eigenvalue weighted by Gasteiger charge is 2.19. The third kappa shape index (κ3) is 44.1. The van der Waals surface area contributed by atoms with Gasteiger partial charge in [0.05, 0.1) is 0 Å². The van der Waals surface area contributed by atoms with Gasteiger partial charge in [0.25, 0.3) is 0 Å². The second-order valence-electron chi connectivity index (χ2n) is 15.6. The summed E-state index contributed by atoms with van der Waals surface area (Å²) < 4.78 is 16.7. The second-order valence-corrected chi connectivity index (χ2v) is 15.6. The second kappa shape index (κ2) is 45.8. The Kier molecular flexibility index (Phi) is 43.5. The third-order valence-electron chi connectivity index (χ3n) is 10.0. The highest BCUT2D eigenvalue weighted by atomic mass is 16.6. The molecular weight excluding hydrogens is 709 g/mol. The van der Waals surface area contributed by atoms with Crippen LogP contribution in [0.15, 0.2) is 60.8 Å². The minimum atomic E-state index is -0.790. The predicted octanol–water partition coefficient (Wildman–Crippen LogP) is 15.3. The first-order valence-electron chi connectivity index (χ1n) is 23.8. The first kappa shape index (κ1) is 54.1. The maximum Gasteiger partial charge on any atom is 0.306 e. The molecule has 1 atom stereocenters. The lowest BCUT2D eigenvalue weighted by atomic mass is 10.1. The smallest absolute Gasteiger partial charge is 0.306 e. The first-order chi connectivity index (χ1) is 28.0. The number of unbranched alkanes of at least 4 members (excludes halogenated alkanes) is 21. The van der Waals surface area contributed by atoms with Crippen LogP contribution in [0.1, 0.15) is 226 Å². The van der Waals surface area contributed by atoms with E-state index in [1.807, 2.05) is 0 Å². The normalized spacial score (nSPS) is 12.5. The summed E-state index contributed by atoms with van der Waals surface area (Å²) in [6.07, 6.45) is 54.9. The van der Waals surface area contributed by atoms with E-state index in [4.69, 9.17) is 14.2 Å². The van der Waals surface area contributed by atoms with Gasteiger partial charge >= 0.3 is 17.9 Å². The van der Waals surface area contributed by atoms with Gasteiger partial charge in [0.2, 0.25) is 0 Å². The maximum atomic E-state index is 12.7.